The summed E-state index contributed by atoms with van der Waals surface area (Å²) in [5.74, 6) is -1.70. The molecule has 1 amide bonds. The number of nitrogens with zero attached hydrogens (tertiary/aromatic N) is 3. The summed E-state index contributed by atoms with van der Waals surface area (Å²) in [6.07, 6.45) is 0. The molecule has 0 fully saturated rings. The number of nitrogens with one attached hydrogen (secondary N) is 1. The van der Waals surface area contributed by atoms with Crippen LogP contribution >= 0.6 is 0 Å². The molecule has 0 unspecified atom stereocenters. The second-order valence-corrected chi connectivity index (χ2v) is 1.95. The second-order valence-electron chi connectivity index (χ2n) is 1.95. The van der Waals surface area contributed by atoms with Gasteiger partial charge in [-0.05, 0) is 0 Å². The van der Waals surface area contributed by atoms with Crippen LogP contribution in [0.2, 0.25) is 0 Å². The van der Waals surface area contributed by atoms with Gasteiger partial charge in [-0.2, -0.15) is 4.98 Å². The van der Waals surface area contributed by atoms with Crippen molar-refractivity contribution in [3.63, 3.8) is 0 Å². The first-order valence-electron chi connectivity index (χ1n) is 3.00. The number of aromatic amines is 1. The lowest BCUT2D eigenvalue weighted by molar-refractivity contribution is -0.116. The summed E-state index contributed by atoms with van der Waals surface area (Å²) in [7, 11) is 0. The quantitative estimate of drug-likeness (QED) is 0.531. The normalized spacial score (nSPS) is 10.8. The van der Waals surface area contributed by atoms with E-state index < -0.39 is 17.7 Å². The molecule has 1 aromatic heterocycles. The summed E-state index contributed by atoms with van der Waals surface area (Å²) in [5.41, 5.74) is 0. The van der Waals surface area contributed by atoms with E-state index in [4.69, 9.17) is 10.2 Å². The molecule has 0 saturated heterocycles. The van der Waals surface area contributed by atoms with Crippen molar-refractivity contribution in [2.45, 2.75) is 6.92 Å². The van der Waals surface area contributed by atoms with Crippen molar-refractivity contribution in [1.82, 2.24) is 9.97 Å². The van der Waals surface area contributed by atoms with Crippen LogP contribution in [0.1, 0.15) is 6.92 Å². The molecule has 7 nitrogen and oxygen atoms in total. The summed E-state index contributed by atoms with van der Waals surface area (Å²) in [6, 6.07) is 0. The Bertz CT molecular complexity index is 310. The number of carbonyl (C=O) groups excluding carboxylic acids is 1. The number of H-pyrrole nitrogens is 1. The predicted octanol–water partition coefficient (Wildman–Crippen LogP) is 0.451. The van der Waals surface area contributed by atoms with Crippen LogP contribution in [-0.4, -0.2) is 26.1 Å². The second kappa shape index (κ2) is 2.99. The van der Waals surface area contributed by atoms with Gasteiger partial charge in [0, 0.05) is 6.92 Å². The first-order valence-corrected chi connectivity index (χ1v) is 3.00. The zero-order valence-electron chi connectivity index (χ0n) is 6.14. The van der Waals surface area contributed by atoms with Crippen LogP contribution < -0.4 is 0 Å². The Hall–Kier alpha value is -1.92. The van der Waals surface area contributed by atoms with Crippen molar-refractivity contribution in [2.24, 2.45) is 10.2 Å². The highest BCUT2D eigenvalue weighted by atomic mass is 16.3. The number of carbonyl (C=O) groups is 1. The minimum atomic E-state index is -0.576. The van der Waals surface area contributed by atoms with Gasteiger partial charge in [-0.1, -0.05) is 0 Å². The van der Waals surface area contributed by atoms with Crippen LogP contribution in [0.25, 0.3) is 0 Å². The zero-order chi connectivity index (χ0) is 9.14. The maximum absolute atomic E-state index is 10.3. The SMILES string of the molecule is CC(=O)N=Nc1nc(O)c(O)[nH]1. The van der Waals surface area contributed by atoms with Gasteiger partial charge in [0.15, 0.2) is 0 Å². The molecule has 1 heterocycles. The average molecular weight is 170 g/mol. The highest BCUT2D eigenvalue weighted by molar-refractivity contribution is 5.73. The number of aromatic hydroxyl groups is 2. The van der Waals surface area contributed by atoms with Crippen molar-refractivity contribution < 1.29 is 15.0 Å². The fraction of sp³-hybridized carbons (Fsp3) is 0.200. The molecule has 7 heteroatoms. The number of hydrogen-bond acceptors (Lipinski definition) is 5. The van der Waals surface area contributed by atoms with E-state index in [1.807, 2.05) is 0 Å². The first kappa shape index (κ1) is 8.18. The minimum absolute atomic E-state index is 0.125. The molecular weight excluding hydrogens is 164 g/mol. The van der Waals surface area contributed by atoms with Crippen molar-refractivity contribution in [2.75, 3.05) is 0 Å². The molecule has 0 saturated carbocycles. The maximum Gasteiger partial charge on any atom is 0.276 e. The molecule has 0 aromatic carbocycles. The van der Waals surface area contributed by atoms with Crippen LogP contribution in [0, 0.1) is 0 Å². The third kappa shape index (κ3) is 1.78. The summed E-state index contributed by atoms with van der Waals surface area (Å²) in [6.45, 7) is 1.21. The smallest absolute Gasteiger partial charge is 0.276 e. The molecule has 0 aliphatic carbocycles. The van der Waals surface area contributed by atoms with Crippen LogP contribution in [-0.2, 0) is 4.79 Å². The summed E-state index contributed by atoms with van der Waals surface area (Å²) < 4.78 is 0. The maximum atomic E-state index is 10.3. The summed E-state index contributed by atoms with van der Waals surface area (Å²) in [4.78, 5) is 15.8. The standard InChI is InChI=1S/C5H6N4O3/c1-2(10)8-9-5-6-3(11)4(12)7-5/h11-12H,1H3,(H,6,7). The number of rotatable bonds is 1. The highest BCUT2D eigenvalue weighted by Crippen LogP contribution is 2.23. The van der Waals surface area contributed by atoms with Gasteiger partial charge in [-0.15, -0.1) is 10.2 Å². The Kier molecular flexibility index (Phi) is 2.04. The Morgan fingerprint density at radius 1 is 1.58 bits per heavy atom. The van der Waals surface area contributed by atoms with Crippen LogP contribution in [0.5, 0.6) is 11.8 Å². The van der Waals surface area contributed by atoms with E-state index in [1.165, 1.54) is 6.92 Å². The van der Waals surface area contributed by atoms with E-state index in [0.717, 1.165) is 0 Å². The lowest BCUT2D eigenvalue weighted by Crippen LogP contribution is -1.78. The number of amides is 1. The Labute approximate surface area is 66.8 Å². The predicted molar refractivity (Wildman–Crippen MR) is 37.1 cm³/mol. The lowest BCUT2D eigenvalue weighted by atomic mass is 10.8. The molecule has 0 aliphatic heterocycles. The van der Waals surface area contributed by atoms with Crippen LogP contribution in [0.4, 0.5) is 5.95 Å². The number of aromatic nitrogens is 2. The van der Waals surface area contributed by atoms with Gasteiger partial charge in [0.05, 0.1) is 0 Å². The molecule has 3 N–H and O–H groups in total. The van der Waals surface area contributed by atoms with Crippen molar-refractivity contribution in [3.05, 3.63) is 0 Å². The van der Waals surface area contributed by atoms with Gasteiger partial charge >= 0.3 is 0 Å². The van der Waals surface area contributed by atoms with Gasteiger partial charge < -0.3 is 10.2 Å². The molecular formula is C5H6N4O3. The largest absolute Gasteiger partial charge is 0.491 e. The van der Waals surface area contributed by atoms with Gasteiger partial charge in [0.25, 0.3) is 23.6 Å². The Morgan fingerprint density at radius 2 is 2.25 bits per heavy atom. The van der Waals surface area contributed by atoms with Crippen molar-refractivity contribution in [1.29, 1.82) is 0 Å². The van der Waals surface area contributed by atoms with Gasteiger partial charge in [-0.25, -0.2) is 0 Å². The molecule has 0 radical (unpaired) electrons. The summed E-state index contributed by atoms with van der Waals surface area (Å²) >= 11 is 0. The number of imidazole rings is 1. The topological polar surface area (TPSA) is 111 Å². The molecule has 0 aliphatic rings. The van der Waals surface area contributed by atoms with E-state index >= 15 is 0 Å². The molecule has 0 atom stereocenters. The molecule has 12 heavy (non-hydrogen) atoms. The van der Waals surface area contributed by atoms with Gasteiger partial charge in [0.1, 0.15) is 0 Å². The Morgan fingerprint density at radius 3 is 2.67 bits per heavy atom. The minimum Gasteiger partial charge on any atom is -0.491 e. The molecule has 0 bridgehead atoms. The Balaban J connectivity index is 2.83. The number of azo groups is 1. The lowest BCUT2D eigenvalue weighted by Gasteiger charge is -1.79. The third-order valence-corrected chi connectivity index (χ3v) is 0.939. The zero-order valence-corrected chi connectivity index (χ0v) is 6.14. The van der Waals surface area contributed by atoms with E-state index in [1.54, 1.807) is 0 Å². The first-order chi connectivity index (χ1) is 5.59. The van der Waals surface area contributed by atoms with Crippen molar-refractivity contribution >= 4 is 11.9 Å². The number of hydrogen-bond donors (Lipinski definition) is 3. The van der Waals surface area contributed by atoms with Crippen LogP contribution in [0.15, 0.2) is 10.2 Å². The van der Waals surface area contributed by atoms with Crippen LogP contribution in [0.3, 0.4) is 0 Å². The van der Waals surface area contributed by atoms with Gasteiger partial charge in [0.2, 0.25) is 0 Å². The molecule has 64 valence electrons. The van der Waals surface area contributed by atoms with Gasteiger partial charge in [-0.3, -0.25) is 9.78 Å². The fourth-order valence-electron chi connectivity index (χ4n) is 0.508. The molecule has 1 rings (SSSR count). The van der Waals surface area contributed by atoms with E-state index in [-0.39, 0.29) is 5.95 Å². The average Bonchev–Trinajstić information content (AvgIpc) is 2.28. The third-order valence-electron chi connectivity index (χ3n) is 0.939. The monoisotopic (exact) mass is 170 g/mol. The van der Waals surface area contributed by atoms with E-state index in [9.17, 15) is 4.79 Å². The molecule has 1 aromatic rings. The fourth-order valence-corrected chi connectivity index (χ4v) is 0.508. The highest BCUT2D eigenvalue weighted by Gasteiger charge is 2.05. The summed E-state index contributed by atoms with van der Waals surface area (Å²) in [5, 5.41) is 23.9. The van der Waals surface area contributed by atoms with E-state index in [2.05, 4.69) is 20.2 Å². The van der Waals surface area contributed by atoms with E-state index in [0.29, 0.717) is 0 Å². The van der Waals surface area contributed by atoms with Crippen molar-refractivity contribution in [3.8, 4) is 11.8 Å². The molecule has 0 spiro atoms.